The van der Waals surface area contributed by atoms with Crippen molar-refractivity contribution in [2.45, 2.75) is 39.2 Å². The predicted octanol–water partition coefficient (Wildman–Crippen LogP) is 2.56. The fraction of sp³-hybridized carbons (Fsp3) is 0.682. The normalized spacial score (nSPS) is 20.0. The smallest absolute Gasteiger partial charge is 0.254 e. The van der Waals surface area contributed by atoms with Crippen LogP contribution in [0.5, 0.6) is 0 Å². The van der Waals surface area contributed by atoms with Gasteiger partial charge in [-0.25, -0.2) is 0 Å². The molecule has 0 spiro atoms. The maximum atomic E-state index is 13.3. The molecule has 2 fully saturated rings. The highest BCUT2D eigenvalue weighted by Crippen LogP contribution is 2.20. The van der Waals surface area contributed by atoms with Crippen LogP contribution in [-0.2, 0) is 4.74 Å². The Balaban J connectivity index is 1.63. The highest BCUT2D eigenvalue weighted by Gasteiger charge is 2.27. The largest absolute Gasteiger partial charge is 0.381 e. The molecule has 3 rings (SSSR count). The zero-order valence-electron chi connectivity index (χ0n) is 17.2. The molecule has 5 nitrogen and oxygen atoms in total. The van der Waals surface area contributed by atoms with E-state index >= 15 is 0 Å². The van der Waals surface area contributed by atoms with E-state index in [0.29, 0.717) is 6.04 Å². The van der Waals surface area contributed by atoms with E-state index in [4.69, 9.17) is 4.74 Å². The average molecular weight is 374 g/mol. The summed E-state index contributed by atoms with van der Waals surface area (Å²) in [5.41, 5.74) is 3.24. The Morgan fingerprint density at radius 3 is 2.48 bits per heavy atom. The topological polar surface area (TPSA) is 36.0 Å². The third-order valence-electron chi connectivity index (χ3n) is 6.12. The van der Waals surface area contributed by atoms with E-state index in [1.807, 2.05) is 12.1 Å². The summed E-state index contributed by atoms with van der Waals surface area (Å²) in [5, 5.41) is 0. The van der Waals surface area contributed by atoms with Crippen molar-refractivity contribution in [1.82, 2.24) is 14.7 Å². The molecule has 1 amide bonds. The number of hydrogen-bond acceptors (Lipinski definition) is 4. The van der Waals surface area contributed by atoms with Crippen molar-refractivity contribution in [1.29, 1.82) is 0 Å². The molecular weight excluding hydrogens is 338 g/mol. The van der Waals surface area contributed by atoms with Gasteiger partial charge in [-0.3, -0.25) is 4.79 Å². The van der Waals surface area contributed by atoms with E-state index < -0.39 is 0 Å². The highest BCUT2D eigenvalue weighted by molar-refractivity contribution is 5.94. The number of carbonyl (C=O) groups is 1. The number of aryl methyl sites for hydroxylation is 2. The lowest BCUT2D eigenvalue weighted by Gasteiger charge is -2.36. The van der Waals surface area contributed by atoms with Gasteiger partial charge in [0.2, 0.25) is 0 Å². The van der Waals surface area contributed by atoms with Gasteiger partial charge in [-0.15, -0.1) is 0 Å². The first kappa shape index (κ1) is 20.3. The lowest BCUT2D eigenvalue weighted by Crippen LogP contribution is -2.47. The van der Waals surface area contributed by atoms with Gasteiger partial charge in [0.1, 0.15) is 0 Å². The van der Waals surface area contributed by atoms with Crippen LogP contribution in [0.3, 0.4) is 0 Å². The van der Waals surface area contributed by atoms with Crippen molar-refractivity contribution >= 4 is 5.91 Å². The molecule has 5 heteroatoms. The maximum absolute atomic E-state index is 13.3. The summed E-state index contributed by atoms with van der Waals surface area (Å²) in [6.45, 7) is 12.2. The van der Waals surface area contributed by atoms with Gasteiger partial charge in [0.25, 0.3) is 5.91 Å². The van der Waals surface area contributed by atoms with Crippen LogP contribution in [0.1, 0.15) is 40.7 Å². The molecule has 1 aromatic carbocycles. The molecule has 27 heavy (non-hydrogen) atoms. The van der Waals surface area contributed by atoms with E-state index in [-0.39, 0.29) is 5.91 Å². The molecule has 0 aliphatic carbocycles. The molecule has 2 heterocycles. The monoisotopic (exact) mass is 373 g/mol. The zero-order chi connectivity index (χ0) is 19.2. The quantitative estimate of drug-likeness (QED) is 0.768. The van der Waals surface area contributed by atoms with Gasteiger partial charge < -0.3 is 19.4 Å². The first-order chi connectivity index (χ1) is 13.0. The number of amides is 1. The van der Waals surface area contributed by atoms with Gasteiger partial charge in [0.15, 0.2) is 0 Å². The van der Waals surface area contributed by atoms with Gasteiger partial charge in [-0.2, -0.15) is 0 Å². The standard InChI is InChI=1S/C22H35N3O2/c1-18-5-6-20(17-19(18)2)22(26)25(21-7-15-27-16-8-21)10-4-9-24-13-11-23(3)12-14-24/h5-6,17,21H,4,7-16H2,1-3H3. The summed E-state index contributed by atoms with van der Waals surface area (Å²) >= 11 is 0. The lowest BCUT2D eigenvalue weighted by atomic mass is 10.0. The van der Waals surface area contributed by atoms with Gasteiger partial charge in [0.05, 0.1) is 0 Å². The zero-order valence-corrected chi connectivity index (χ0v) is 17.2. The summed E-state index contributed by atoms with van der Waals surface area (Å²) in [7, 11) is 2.19. The third kappa shape index (κ3) is 5.53. The lowest BCUT2D eigenvalue weighted by molar-refractivity contribution is 0.0276. The van der Waals surface area contributed by atoms with Gasteiger partial charge in [-0.05, 0) is 70.0 Å². The fourth-order valence-corrected chi connectivity index (χ4v) is 4.02. The number of piperazine rings is 1. The van der Waals surface area contributed by atoms with Crippen LogP contribution < -0.4 is 0 Å². The van der Waals surface area contributed by atoms with Crippen LogP contribution in [0.2, 0.25) is 0 Å². The van der Waals surface area contributed by atoms with Gasteiger partial charge in [-0.1, -0.05) is 6.07 Å². The number of rotatable bonds is 6. The van der Waals surface area contributed by atoms with Crippen LogP contribution in [0, 0.1) is 13.8 Å². The SMILES string of the molecule is Cc1ccc(C(=O)N(CCCN2CCN(C)CC2)C2CCOCC2)cc1C. The van der Waals surface area contributed by atoms with Crippen molar-refractivity contribution in [2.75, 3.05) is 59.5 Å². The molecule has 2 saturated heterocycles. The van der Waals surface area contributed by atoms with Crippen molar-refractivity contribution in [3.63, 3.8) is 0 Å². The van der Waals surface area contributed by atoms with E-state index in [1.54, 1.807) is 0 Å². The molecule has 0 radical (unpaired) electrons. The maximum Gasteiger partial charge on any atom is 0.254 e. The minimum Gasteiger partial charge on any atom is -0.381 e. The number of benzene rings is 1. The first-order valence-corrected chi connectivity index (χ1v) is 10.4. The Hall–Kier alpha value is -1.43. The summed E-state index contributed by atoms with van der Waals surface area (Å²) in [6.07, 6.45) is 2.94. The van der Waals surface area contributed by atoms with Crippen LogP contribution in [0.25, 0.3) is 0 Å². The van der Waals surface area contributed by atoms with E-state index in [2.05, 4.69) is 41.7 Å². The van der Waals surface area contributed by atoms with E-state index in [9.17, 15) is 4.79 Å². The molecule has 1 aromatic rings. The predicted molar refractivity (Wildman–Crippen MR) is 109 cm³/mol. The first-order valence-electron chi connectivity index (χ1n) is 10.4. The minimum absolute atomic E-state index is 0.184. The summed E-state index contributed by atoms with van der Waals surface area (Å²) in [4.78, 5) is 20.3. The fourth-order valence-electron chi connectivity index (χ4n) is 4.02. The molecule has 150 valence electrons. The van der Waals surface area contributed by atoms with Crippen molar-refractivity contribution in [3.8, 4) is 0 Å². The molecule has 0 aromatic heterocycles. The van der Waals surface area contributed by atoms with Crippen molar-refractivity contribution in [3.05, 3.63) is 34.9 Å². The minimum atomic E-state index is 0.184. The molecular formula is C22H35N3O2. The second-order valence-corrected chi connectivity index (χ2v) is 8.14. The molecule has 0 unspecified atom stereocenters. The number of nitrogens with zero attached hydrogens (tertiary/aromatic N) is 3. The average Bonchev–Trinajstić information content (AvgIpc) is 2.69. The molecule has 0 N–H and O–H groups in total. The van der Waals surface area contributed by atoms with E-state index in [1.165, 1.54) is 11.1 Å². The van der Waals surface area contributed by atoms with Gasteiger partial charge in [0, 0.05) is 57.5 Å². The van der Waals surface area contributed by atoms with Crippen LogP contribution in [0.4, 0.5) is 0 Å². The number of likely N-dealkylation sites (N-methyl/N-ethyl adjacent to an activating group) is 1. The second-order valence-electron chi connectivity index (χ2n) is 8.14. The van der Waals surface area contributed by atoms with Gasteiger partial charge >= 0.3 is 0 Å². The van der Waals surface area contributed by atoms with Crippen molar-refractivity contribution < 1.29 is 9.53 Å². The van der Waals surface area contributed by atoms with Crippen molar-refractivity contribution in [2.24, 2.45) is 0 Å². The Kier molecular flexibility index (Phi) is 7.27. The highest BCUT2D eigenvalue weighted by atomic mass is 16.5. The summed E-state index contributed by atoms with van der Waals surface area (Å²) in [6, 6.07) is 6.40. The van der Waals surface area contributed by atoms with Crippen LogP contribution in [0.15, 0.2) is 18.2 Å². The molecule has 0 bridgehead atoms. The Morgan fingerprint density at radius 1 is 1.11 bits per heavy atom. The Labute approximate surface area is 164 Å². The molecule has 0 atom stereocenters. The third-order valence-corrected chi connectivity index (χ3v) is 6.12. The van der Waals surface area contributed by atoms with Crippen LogP contribution in [-0.4, -0.2) is 86.2 Å². The summed E-state index contributed by atoms with van der Waals surface area (Å²) < 4.78 is 5.53. The number of carbonyl (C=O) groups excluding carboxylic acids is 1. The number of hydrogen-bond donors (Lipinski definition) is 0. The molecule has 0 saturated carbocycles. The summed E-state index contributed by atoms with van der Waals surface area (Å²) in [5.74, 6) is 0.184. The number of ether oxygens (including phenoxy) is 1. The molecule has 2 aliphatic rings. The Bertz CT molecular complexity index is 620. The van der Waals surface area contributed by atoms with Crippen LogP contribution >= 0.6 is 0 Å². The second kappa shape index (κ2) is 9.67. The Morgan fingerprint density at radius 2 is 1.81 bits per heavy atom. The molecule has 2 aliphatic heterocycles. The van der Waals surface area contributed by atoms with E-state index in [0.717, 1.165) is 77.3 Å².